The van der Waals surface area contributed by atoms with Crippen LogP contribution < -0.4 is 5.32 Å². The van der Waals surface area contributed by atoms with Crippen molar-refractivity contribution in [3.8, 4) is 0 Å². The molecule has 0 radical (unpaired) electrons. The molecule has 3 atom stereocenters. The van der Waals surface area contributed by atoms with E-state index in [1.807, 2.05) is 58.0 Å². The van der Waals surface area contributed by atoms with Crippen molar-refractivity contribution in [3.05, 3.63) is 35.9 Å². The topological polar surface area (TPSA) is 73.9 Å². The van der Waals surface area contributed by atoms with Crippen molar-refractivity contribution < 1.29 is 23.5 Å². The van der Waals surface area contributed by atoms with Crippen LogP contribution in [-0.4, -0.2) is 44.6 Å². The molecule has 0 fully saturated rings. The van der Waals surface area contributed by atoms with Gasteiger partial charge in [0.1, 0.15) is 12.2 Å². The van der Waals surface area contributed by atoms with E-state index >= 15 is 0 Å². The van der Waals surface area contributed by atoms with E-state index in [4.69, 9.17) is 13.9 Å². The number of nitrogens with one attached hydrogen (secondary N) is 1. The van der Waals surface area contributed by atoms with E-state index < -0.39 is 20.0 Å². The van der Waals surface area contributed by atoms with Crippen LogP contribution in [0.3, 0.4) is 0 Å². The van der Waals surface area contributed by atoms with Gasteiger partial charge in [-0.1, -0.05) is 51.1 Å². The number of carbonyl (C=O) groups excluding carboxylic acids is 2. The van der Waals surface area contributed by atoms with Gasteiger partial charge in [-0.2, -0.15) is 0 Å². The summed E-state index contributed by atoms with van der Waals surface area (Å²) in [6, 6.07) is 9.61. The van der Waals surface area contributed by atoms with Crippen molar-refractivity contribution >= 4 is 20.3 Å². The summed E-state index contributed by atoms with van der Waals surface area (Å²) < 4.78 is 17.7. The molecule has 0 saturated heterocycles. The summed E-state index contributed by atoms with van der Waals surface area (Å²) in [5, 5.41) is 3.50. The molecule has 1 N–H and O–H groups in total. The molecule has 1 rings (SSSR count). The number of hydrogen-bond acceptors (Lipinski definition) is 6. The third kappa shape index (κ3) is 9.84. The lowest BCUT2D eigenvalue weighted by Crippen LogP contribution is -2.53. The normalized spacial score (nSPS) is 15.6. The van der Waals surface area contributed by atoms with Gasteiger partial charge in [0.2, 0.25) is 0 Å². The second-order valence-corrected chi connectivity index (χ2v) is 15.7. The summed E-state index contributed by atoms with van der Waals surface area (Å²) in [6.07, 6.45) is -0.430. The smallest absolute Gasteiger partial charge is 0.308 e. The first kappa shape index (κ1) is 28.3. The number of ether oxygens (including phenoxy) is 2. The third-order valence-electron chi connectivity index (χ3n) is 5.72. The largest absolute Gasteiger partial charge is 0.464 e. The molecule has 0 aromatic heterocycles. The van der Waals surface area contributed by atoms with Crippen LogP contribution in [0.2, 0.25) is 18.1 Å². The molecule has 0 bridgehead atoms. The third-order valence-corrected chi connectivity index (χ3v) is 10.2. The van der Waals surface area contributed by atoms with E-state index in [9.17, 15) is 9.59 Å². The first-order chi connectivity index (χ1) is 14.5. The van der Waals surface area contributed by atoms with Gasteiger partial charge in [-0.25, -0.2) is 0 Å². The molecule has 0 unspecified atom stereocenters. The van der Waals surface area contributed by atoms with Gasteiger partial charge in [0, 0.05) is 13.0 Å². The Morgan fingerprint density at radius 1 is 1.03 bits per heavy atom. The van der Waals surface area contributed by atoms with Crippen molar-refractivity contribution in [1.29, 1.82) is 0 Å². The van der Waals surface area contributed by atoms with Crippen LogP contribution in [0.15, 0.2) is 30.3 Å². The maximum Gasteiger partial charge on any atom is 0.308 e. The Morgan fingerprint density at radius 3 is 2.06 bits per heavy atom. The molecule has 32 heavy (non-hydrogen) atoms. The molecule has 0 amide bonds. The second kappa shape index (κ2) is 11.4. The minimum atomic E-state index is -2.23. The van der Waals surface area contributed by atoms with Crippen LogP contribution in [0.1, 0.15) is 73.4 Å². The molecular weight excluding hydrogens is 422 g/mol. The van der Waals surface area contributed by atoms with Crippen molar-refractivity contribution in [1.82, 2.24) is 5.32 Å². The van der Waals surface area contributed by atoms with Crippen molar-refractivity contribution in [2.45, 2.75) is 104 Å². The Kier molecular flexibility index (Phi) is 10.1. The van der Waals surface area contributed by atoms with Crippen LogP contribution >= 0.6 is 0 Å². The Bertz CT molecular complexity index is 737. The van der Waals surface area contributed by atoms with Crippen molar-refractivity contribution in [3.63, 3.8) is 0 Å². The van der Waals surface area contributed by atoms with E-state index in [-0.39, 0.29) is 42.1 Å². The number of hydrogen-bond donors (Lipinski definition) is 1. The number of rotatable bonds is 10. The number of carbonyl (C=O) groups is 2. The van der Waals surface area contributed by atoms with Crippen molar-refractivity contribution in [2.75, 3.05) is 6.61 Å². The Balaban J connectivity index is 3.23. The van der Waals surface area contributed by atoms with Gasteiger partial charge in [-0.3, -0.25) is 9.59 Å². The van der Waals surface area contributed by atoms with E-state index in [0.717, 1.165) is 5.56 Å². The van der Waals surface area contributed by atoms with E-state index in [1.165, 1.54) is 6.92 Å². The number of esters is 2. The highest BCUT2D eigenvalue weighted by Gasteiger charge is 2.42. The van der Waals surface area contributed by atoms with Crippen molar-refractivity contribution in [2.24, 2.45) is 0 Å². The Labute approximate surface area is 195 Å². The van der Waals surface area contributed by atoms with Gasteiger partial charge < -0.3 is 19.2 Å². The summed E-state index contributed by atoms with van der Waals surface area (Å²) in [6.45, 7) is 19.9. The van der Waals surface area contributed by atoms with Gasteiger partial charge >= 0.3 is 11.9 Å². The molecule has 0 aliphatic heterocycles. The first-order valence-electron chi connectivity index (χ1n) is 11.4. The Morgan fingerprint density at radius 2 is 1.59 bits per heavy atom. The van der Waals surface area contributed by atoms with Crippen LogP contribution in [0.4, 0.5) is 0 Å². The minimum absolute atomic E-state index is 0.0269. The monoisotopic (exact) mass is 465 g/mol. The van der Waals surface area contributed by atoms with E-state index in [2.05, 4.69) is 39.2 Å². The van der Waals surface area contributed by atoms with Gasteiger partial charge in [-0.15, -0.1) is 0 Å². The molecule has 1 aromatic rings. The highest BCUT2D eigenvalue weighted by molar-refractivity contribution is 6.74. The maximum atomic E-state index is 12.8. The lowest BCUT2D eigenvalue weighted by atomic mass is 10.0. The zero-order chi connectivity index (χ0) is 24.7. The summed E-state index contributed by atoms with van der Waals surface area (Å²) in [7, 11) is -2.23. The summed E-state index contributed by atoms with van der Waals surface area (Å²) >= 11 is 0. The van der Waals surface area contributed by atoms with Gasteiger partial charge in [0.05, 0.1) is 18.6 Å². The molecule has 0 aliphatic rings. The molecule has 0 aliphatic carbocycles. The fourth-order valence-corrected chi connectivity index (χ4v) is 4.36. The quantitative estimate of drug-likeness (QED) is 0.369. The second-order valence-electron chi connectivity index (χ2n) is 10.9. The van der Waals surface area contributed by atoms with Gasteiger partial charge in [0.15, 0.2) is 8.32 Å². The first-order valence-corrected chi connectivity index (χ1v) is 14.3. The average Bonchev–Trinajstić information content (AvgIpc) is 2.62. The highest BCUT2D eigenvalue weighted by Crippen LogP contribution is 2.38. The fourth-order valence-electron chi connectivity index (χ4n) is 3.00. The summed E-state index contributed by atoms with van der Waals surface area (Å²) in [5.74, 6) is -0.698. The summed E-state index contributed by atoms with van der Waals surface area (Å²) in [5.41, 5.74) is 0.512. The molecule has 182 valence electrons. The summed E-state index contributed by atoms with van der Waals surface area (Å²) in [4.78, 5) is 24.4. The Hall–Kier alpha value is -1.70. The molecule has 0 heterocycles. The average molecular weight is 466 g/mol. The van der Waals surface area contributed by atoms with E-state index in [0.29, 0.717) is 0 Å². The van der Waals surface area contributed by atoms with Crippen LogP contribution in [-0.2, 0) is 23.5 Å². The molecule has 0 saturated carbocycles. The van der Waals surface area contributed by atoms with Crippen LogP contribution in [0, 0.1) is 0 Å². The molecule has 6 nitrogen and oxygen atoms in total. The van der Waals surface area contributed by atoms with Gasteiger partial charge in [-0.05, 0) is 51.4 Å². The zero-order valence-electron chi connectivity index (χ0n) is 21.6. The maximum absolute atomic E-state index is 12.8. The SMILES string of the molecule is CC(=O)OC[C@@H](N[C@@H](C)c1ccccc1)[C@@H](CC(=O)OC(C)(C)C)O[Si](C)(C)C(C)(C)C. The molecule has 0 spiro atoms. The minimum Gasteiger partial charge on any atom is -0.464 e. The predicted octanol–water partition coefficient (Wildman–Crippen LogP) is 5.39. The lowest BCUT2D eigenvalue weighted by Gasteiger charge is -2.42. The number of benzene rings is 1. The highest BCUT2D eigenvalue weighted by atomic mass is 28.4. The van der Waals surface area contributed by atoms with E-state index in [1.54, 1.807) is 0 Å². The molecule has 1 aromatic carbocycles. The standard InChI is InChI=1S/C25H43NO5Si/c1-18(20-14-12-11-13-15-20)26-21(17-29-19(2)27)22(16-23(28)30-24(3,4)5)31-32(9,10)25(6,7)8/h11-15,18,21-22,26H,16-17H2,1-10H3/t18-,21+,22+/m0/s1. The fraction of sp³-hybridized carbons (Fsp3) is 0.680. The molecule has 7 heteroatoms. The zero-order valence-corrected chi connectivity index (χ0v) is 22.6. The van der Waals surface area contributed by atoms with Gasteiger partial charge in [0.25, 0.3) is 0 Å². The lowest BCUT2D eigenvalue weighted by molar-refractivity contribution is -0.157. The van der Waals surface area contributed by atoms with Crippen LogP contribution in [0.25, 0.3) is 0 Å². The predicted molar refractivity (Wildman–Crippen MR) is 131 cm³/mol. The molecular formula is C25H43NO5Si. The van der Waals surface area contributed by atoms with Crippen LogP contribution in [0.5, 0.6) is 0 Å².